The van der Waals surface area contributed by atoms with Crippen molar-refractivity contribution in [1.29, 1.82) is 5.26 Å². The van der Waals surface area contributed by atoms with Gasteiger partial charge in [-0.05, 0) is 67.4 Å². The van der Waals surface area contributed by atoms with E-state index in [2.05, 4.69) is 42.1 Å². The molecule has 0 saturated carbocycles. The van der Waals surface area contributed by atoms with Crippen molar-refractivity contribution in [3.63, 3.8) is 0 Å². The second kappa shape index (κ2) is 9.01. The standard InChI is InChI=1S/C25H28N4OS3/c1-25(2,3)14-8-9-15-17(11-26)22(33-19(15)10-14)29-20(30)12-31-23-21-16-6-4-5-7-18(16)32-24(21)28-13-27-23/h13-14H,4-10,12H2,1-3H3,(H,29,30). The minimum atomic E-state index is -0.0849. The molecule has 2 aliphatic rings. The molecule has 2 aliphatic carbocycles. The van der Waals surface area contributed by atoms with E-state index in [1.807, 2.05) is 0 Å². The molecular formula is C25H28N4OS3. The van der Waals surface area contributed by atoms with Crippen molar-refractivity contribution in [1.82, 2.24) is 9.97 Å². The van der Waals surface area contributed by atoms with Crippen LogP contribution in [0.5, 0.6) is 0 Å². The molecule has 3 aromatic heterocycles. The van der Waals surface area contributed by atoms with Crippen LogP contribution in [0.15, 0.2) is 11.4 Å². The van der Waals surface area contributed by atoms with E-state index < -0.39 is 0 Å². The molecule has 172 valence electrons. The minimum Gasteiger partial charge on any atom is -0.316 e. The number of carbonyl (C=O) groups excluding carboxylic acids is 1. The van der Waals surface area contributed by atoms with Gasteiger partial charge in [-0.25, -0.2) is 9.97 Å². The Balaban J connectivity index is 1.31. The van der Waals surface area contributed by atoms with Gasteiger partial charge in [0.1, 0.15) is 27.3 Å². The second-order valence-electron chi connectivity index (χ2n) is 10.0. The number of aryl methyl sites for hydroxylation is 2. The summed E-state index contributed by atoms with van der Waals surface area (Å²) in [7, 11) is 0. The Labute approximate surface area is 207 Å². The Morgan fingerprint density at radius 3 is 2.79 bits per heavy atom. The quantitative estimate of drug-likeness (QED) is 0.335. The van der Waals surface area contributed by atoms with Crippen LogP contribution < -0.4 is 5.32 Å². The van der Waals surface area contributed by atoms with Crippen LogP contribution in [0.1, 0.15) is 66.5 Å². The fourth-order valence-corrected chi connectivity index (χ4v) is 8.41. The molecule has 0 spiro atoms. The molecule has 0 fully saturated rings. The van der Waals surface area contributed by atoms with Crippen molar-refractivity contribution in [2.24, 2.45) is 11.3 Å². The largest absolute Gasteiger partial charge is 0.316 e. The van der Waals surface area contributed by atoms with E-state index in [-0.39, 0.29) is 17.1 Å². The van der Waals surface area contributed by atoms with E-state index in [1.54, 1.807) is 29.0 Å². The number of amides is 1. The van der Waals surface area contributed by atoms with Crippen molar-refractivity contribution in [2.45, 2.75) is 70.7 Å². The predicted molar refractivity (Wildman–Crippen MR) is 137 cm³/mol. The van der Waals surface area contributed by atoms with Gasteiger partial charge in [-0.3, -0.25) is 4.79 Å². The van der Waals surface area contributed by atoms with Gasteiger partial charge in [0.2, 0.25) is 5.91 Å². The van der Waals surface area contributed by atoms with E-state index in [0.717, 1.165) is 52.9 Å². The normalized spacial score (nSPS) is 17.9. The molecule has 0 radical (unpaired) electrons. The fourth-order valence-electron chi connectivity index (χ4n) is 5.00. The van der Waals surface area contributed by atoms with Crippen LogP contribution in [0.2, 0.25) is 0 Å². The van der Waals surface area contributed by atoms with E-state index >= 15 is 0 Å². The number of nitriles is 1. The van der Waals surface area contributed by atoms with Crippen LogP contribution in [0, 0.1) is 22.7 Å². The summed E-state index contributed by atoms with van der Waals surface area (Å²) in [6.07, 6.45) is 9.25. The maximum atomic E-state index is 12.9. The third kappa shape index (κ3) is 4.43. The van der Waals surface area contributed by atoms with Gasteiger partial charge in [-0.2, -0.15) is 5.26 Å². The number of carbonyl (C=O) groups is 1. The van der Waals surface area contributed by atoms with Gasteiger partial charge in [0.25, 0.3) is 0 Å². The average molecular weight is 497 g/mol. The molecule has 1 amide bonds. The van der Waals surface area contributed by atoms with Gasteiger partial charge >= 0.3 is 0 Å². The number of thiophene rings is 2. The average Bonchev–Trinajstić information content (AvgIpc) is 3.34. The maximum absolute atomic E-state index is 12.9. The highest BCUT2D eigenvalue weighted by Crippen LogP contribution is 2.44. The van der Waals surface area contributed by atoms with Crippen LogP contribution >= 0.6 is 34.4 Å². The number of nitrogens with zero attached hydrogens (tertiary/aromatic N) is 3. The number of rotatable bonds is 4. The Morgan fingerprint density at radius 1 is 1.18 bits per heavy atom. The number of hydrogen-bond donors (Lipinski definition) is 1. The van der Waals surface area contributed by atoms with Gasteiger partial charge in [-0.1, -0.05) is 32.5 Å². The molecule has 1 unspecified atom stereocenters. The van der Waals surface area contributed by atoms with Gasteiger partial charge in [0.05, 0.1) is 11.3 Å². The summed E-state index contributed by atoms with van der Waals surface area (Å²) in [6.45, 7) is 6.86. The smallest absolute Gasteiger partial charge is 0.235 e. The Bertz CT molecular complexity index is 1260. The van der Waals surface area contributed by atoms with Crippen molar-refractivity contribution in [2.75, 3.05) is 11.1 Å². The third-order valence-electron chi connectivity index (χ3n) is 6.91. The van der Waals surface area contributed by atoms with E-state index in [9.17, 15) is 10.1 Å². The van der Waals surface area contributed by atoms with Crippen molar-refractivity contribution in [3.8, 4) is 6.07 Å². The summed E-state index contributed by atoms with van der Waals surface area (Å²) in [4.78, 5) is 25.6. The van der Waals surface area contributed by atoms with Crippen molar-refractivity contribution < 1.29 is 4.79 Å². The lowest BCUT2D eigenvalue weighted by atomic mass is 9.72. The lowest BCUT2D eigenvalue weighted by molar-refractivity contribution is -0.113. The summed E-state index contributed by atoms with van der Waals surface area (Å²) in [5.41, 5.74) is 3.44. The maximum Gasteiger partial charge on any atom is 0.235 e. The zero-order valence-electron chi connectivity index (χ0n) is 19.3. The van der Waals surface area contributed by atoms with Gasteiger partial charge in [0.15, 0.2) is 0 Å². The first kappa shape index (κ1) is 22.8. The van der Waals surface area contributed by atoms with Gasteiger partial charge in [-0.15, -0.1) is 22.7 Å². The summed E-state index contributed by atoms with van der Waals surface area (Å²) < 4.78 is 0. The second-order valence-corrected chi connectivity index (χ2v) is 13.2. The summed E-state index contributed by atoms with van der Waals surface area (Å²) in [5.74, 6) is 0.791. The molecule has 0 aliphatic heterocycles. The molecule has 8 heteroatoms. The summed E-state index contributed by atoms with van der Waals surface area (Å²) in [5, 5.41) is 15.6. The Hall–Kier alpha value is -1.95. The fraction of sp³-hybridized carbons (Fsp3) is 0.520. The number of aromatic nitrogens is 2. The first-order valence-electron chi connectivity index (χ1n) is 11.6. The molecule has 1 atom stereocenters. The van der Waals surface area contributed by atoms with Crippen LogP contribution in [0.25, 0.3) is 10.2 Å². The highest BCUT2D eigenvalue weighted by atomic mass is 32.2. The molecule has 1 N–H and O–H groups in total. The highest BCUT2D eigenvalue weighted by Gasteiger charge is 2.32. The lowest BCUT2D eigenvalue weighted by Crippen LogP contribution is -2.26. The monoisotopic (exact) mass is 496 g/mol. The SMILES string of the molecule is CC(C)(C)C1CCc2c(sc(NC(=O)CSc3ncnc4sc5c(c34)CCCC5)c2C#N)C1. The first-order chi connectivity index (χ1) is 15.8. The molecule has 3 aromatic rings. The zero-order valence-corrected chi connectivity index (χ0v) is 21.7. The number of hydrogen-bond acceptors (Lipinski definition) is 7. The van der Waals surface area contributed by atoms with Crippen molar-refractivity contribution >= 4 is 55.6 Å². The van der Waals surface area contributed by atoms with Crippen LogP contribution in [0.3, 0.4) is 0 Å². The molecule has 33 heavy (non-hydrogen) atoms. The number of thioether (sulfide) groups is 1. The summed E-state index contributed by atoms with van der Waals surface area (Å²) in [6, 6.07) is 2.36. The third-order valence-corrected chi connectivity index (χ3v) is 10.3. The lowest BCUT2D eigenvalue weighted by Gasteiger charge is -2.33. The topological polar surface area (TPSA) is 78.7 Å². The summed E-state index contributed by atoms with van der Waals surface area (Å²) >= 11 is 4.84. The van der Waals surface area contributed by atoms with Gasteiger partial charge in [0, 0.05) is 15.1 Å². The van der Waals surface area contributed by atoms with Gasteiger partial charge < -0.3 is 5.32 Å². The van der Waals surface area contributed by atoms with Crippen LogP contribution in [-0.2, 0) is 30.5 Å². The molecule has 5 rings (SSSR count). The Kier molecular flexibility index (Phi) is 6.23. The number of fused-ring (bicyclic) bond motifs is 4. The molecule has 5 nitrogen and oxygen atoms in total. The molecule has 3 heterocycles. The Morgan fingerprint density at radius 2 is 2.00 bits per heavy atom. The molecule has 0 aromatic carbocycles. The molecule has 0 saturated heterocycles. The van der Waals surface area contributed by atoms with E-state index in [0.29, 0.717) is 16.5 Å². The van der Waals surface area contributed by atoms with E-state index in [4.69, 9.17) is 0 Å². The van der Waals surface area contributed by atoms with E-state index in [1.165, 1.54) is 39.9 Å². The number of anilines is 1. The predicted octanol–water partition coefficient (Wildman–Crippen LogP) is 6.39. The van der Waals surface area contributed by atoms with Crippen LogP contribution in [-0.4, -0.2) is 21.6 Å². The minimum absolute atomic E-state index is 0.0849. The zero-order chi connectivity index (χ0) is 23.2. The molecule has 0 bridgehead atoms. The van der Waals surface area contributed by atoms with Crippen LogP contribution in [0.4, 0.5) is 5.00 Å². The first-order valence-corrected chi connectivity index (χ1v) is 14.2. The molecular weight excluding hydrogens is 469 g/mol. The van der Waals surface area contributed by atoms with Crippen molar-refractivity contribution in [3.05, 3.63) is 32.8 Å². The number of nitrogens with one attached hydrogen (secondary N) is 1. The highest BCUT2D eigenvalue weighted by molar-refractivity contribution is 8.00.